The predicted molar refractivity (Wildman–Crippen MR) is 38.4 cm³/mol. The first-order valence-electron chi connectivity index (χ1n) is 3.44. The lowest BCUT2D eigenvalue weighted by molar-refractivity contribution is -0.112. The van der Waals surface area contributed by atoms with Crippen LogP contribution < -0.4 is 0 Å². The number of carbonyl (C=O) groups is 2. The van der Waals surface area contributed by atoms with Crippen molar-refractivity contribution in [2.75, 3.05) is 26.4 Å². The van der Waals surface area contributed by atoms with Crippen LogP contribution in [0.3, 0.4) is 0 Å². The number of carbonyl (C=O) groups excluding carboxylic acids is 2. The topological polar surface area (TPSA) is 52.6 Å². The third-order valence-electron chi connectivity index (χ3n) is 0.949. The molecule has 0 unspecified atom stereocenters. The van der Waals surface area contributed by atoms with Crippen molar-refractivity contribution in [2.45, 2.75) is 6.42 Å². The monoisotopic (exact) mass is 160 g/mol. The number of aldehydes is 2. The van der Waals surface area contributed by atoms with Gasteiger partial charge in [-0.2, -0.15) is 0 Å². The SMILES string of the molecule is O=CCOCCCOCC=O. The Bertz CT molecular complexity index is 90.6. The van der Waals surface area contributed by atoms with Gasteiger partial charge in [-0.15, -0.1) is 0 Å². The Kier molecular flexibility index (Phi) is 8.64. The van der Waals surface area contributed by atoms with Gasteiger partial charge in [0.2, 0.25) is 0 Å². The highest BCUT2D eigenvalue weighted by Gasteiger charge is 1.87. The first-order chi connectivity index (χ1) is 5.41. The number of ether oxygens (including phenoxy) is 2. The first-order valence-corrected chi connectivity index (χ1v) is 3.44. The maximum atomic E-state index is 9.74. The van der Waals surface area contributed by atoms with Gasteiger partial charge in [0.25, 0.3) is 0 Å². The molecule has 0 fully saturated rings. The van der Waals surface area contributed by atoms with E-state index in [1.807, 2.05) is 0 Å². The smallest absolute Gasteiger partial charge is 0.145 e. The lowest BCUT2D eigenvalue weighted by Crippen LogP contribution is -2.03. The summed E-state index contributed by atoms with van der Waals surface area (Å²) >= 11 is 0. The molecule has 0 bridgehead atoms. The van der Waals surface area contributed by atoms with E-state index in [2.05, 4.69) is 0 Å². The second-order valence-corrected chi connectivity index (χ2v) is 1.84. The normalized spacial score (nSPS) is 9.45. The molecular formula is C7H12O4. The summed E-state index contributed by atoms with van der Waals surface area (Å²) in [6.07, 6.45) is 2.11. The Morgan fingerprint density at radius 2 is 1.36 bits per heavy atom. The number of hydrogen-bond acceptors (Lipinski definition) is 4. The van der Waals surface area contributed by atoms with Crippen LogP contribution in [0.15, 0.2) is 0 Å². The molecule has 0 aliphatic carbocycles. The standard InChI is InChI=1S/C7H12O4/c8-2-6-10-4-1-5-11-7-3-9/h2-3H,1,4-7H2. The average Bonchev–Trinajstić information content (AvgIpc) is 2.03. The summed E-state index contributed by atoms with van der Waals surface area (Å²) in [5.41, 5.74) is 0. The maximum absolute atomic E-state index is 9.74. The molecule has 0 aromatic heterocycles. The van der Waals surface area contributed by atoms with Crippen LogP contribution in [0, 0.1) is 0 Å². The van der Waals surface area contributed by atoms with E-state index in [4.69, 9.17) is 9.47 Å². The van der Waals surface area contributed by atoms with Crippen molar-refractivity contribution >= 4 is 12.6 Å². The van der Waals surface area contributed by atoms with Crippen LogP contribution in [-0.4, -0.2) is 39.0 Å². The molecule has 0 amide bonds. The molecule has 0 spiro atoms. The Hall–Kier alpha value is -0.740. The van der Waals surface area contributed by atoms with Gasteiger partial charge in [0.15, 0.2) is 0 Å². The van der Waals surface area contributed by atoms with Crippen LogP contribution >= 0.6 is 0 Å². The Balaban J connectivity index is 2.79. The summed E-state index contributed by atoms with van der Waals surface area (Å²) in [5.74, 6) is 0. The minimum atomic E-state index is 0.133. The van der Waals surface area contributed by atoms with Gasteiger partial charge in [-0.1, -0.05) is 0 Å². The van der Waals surface area contributed by atoms with E-state index in [1.165, 1.54) is 0 Å². The van der Waals surface area contributed by atoms with E-state index < -0.39 is 0 Å². The van der Waals surface area contributed by atoms with Crippen LogP contribution in [0.4, 0.5) is 0 Å². The summed E-state index contributed by atoms with van der Waals surface area (Å²) in [6, 6.07) is 0. The number of rotatable bonds is 8. The van der Waals surface area contributed by atoms with Gasteiger partial charge in [0, 0.05) is 13.2 Å². The van der Waals surface area contributed by atoms with E-state index in [9.17, 15) is 9.59 Å². The largest absolute Gasteiger partial charge is 0.374 e. The average molecular weight is 160 g/mol. The van der Waals surface area contributed by atoms with Gasteiger partial charge in [-0.05, 0) is 6.42 Å². The highest BCUT2D eigenvalue weighted by molar-refractivity contribution is 5.50. The van der Waals surface area contributed by atoms with Crippen LogP contribution in [0.1, 0.15) is 6.42 Å². The van der Waals surface area contributed by atoms with Gasteiger partial charge >= 0.3 is 0 Å². The van der Waals surface area contributed by atoms with Gasteiger partial charge < -0.3 is 19.1 Å². The van der Waals surface area contributed by atoms with Gasteiger partial charge in [0.1, 0.15) is 25.8 Å². The van der Waals surface area contributed by atoms with Crippen molar-refractivity contribution in [3.05, 3.63) is 0 Å². The molecule has 0 aromatic carbocycles. The molecule has 0 aromatic rings. The van der Waals surface area contributed by atoms with Crippen molar-refractivity contribution in [1.82, 2.24) is 0 Å². The van der Waals surface area contributed by atoms with E-state index >= 15 is 0 Å². The second-order valence-electron chi connectivity index (χ2n) is 1.84. The van der Waals surface area contributed by atoms with E-state index in [1.54, 1.807) is 0 Å². The molecule has 64 valence electrons. The molecule has 0 heterocycles. The van der Waals surface area contributed by atoms with Gasteiger partial charge in [-0.3, -0.25) is 0 Å². The van der Waals surface area contributed by atoms with Crippen molar-refractivity contribution in [2.24, 2.45) is 0 Å². The second kappa shape index (κ2) is 9.26. The lowest BCUT2D eigenvalue weighted by atomic mass is 10.5. The van der Waals surface area contributed by atoms with Crippen LogP contribution in [0.25, 0.3) is 0 Å². The van der Waals surface area contributed by atoms with E-state index in [0.717, 1.165) is 0 Å². The minimum Gasteiger partial charge on any atom is -0.374 e. The molecule has 0 saturated carbocycles. The summed E-state index contributed by atoms with van der Waals surface area (Å²) in [7, 11) is 0. The molecule has 4 heteroatoms. The molecule has 0 radical (unpaired) electrons. The predicted octanol–water partition coefficient (Wildman–Crippen LogP) is -0.193. The highest BCUT2D eigenvalue weighted by Crippen LogP contribution is 1.82. The molecule has 0 rings (SSSR count). The molecule has 0 aliphatic heterocycles. The maximum Gasteiger partial charge on any atom is 0.145 e. The van der Waals surface area contributed by atoms with Crippen molar-refractivity contribution in [3.8, 4) is 0 Å². The fraction of sp³-hybridized carbons (Fsp3) is 0.714. The Morgan fingerprint density at radius 1 is 0.909 bits per heavy atom. The first kappa shape index (κ1) is 10.3. The Labute approximate surface area is 65.5 Å². The van der Waals surface area contributed by atoms with E-state index in [0.29, 0.717) is 32.2 Å². The van der Waals surface area contributed by atoms with Crippen LogP contribution in [-0.2, 0) is 19.1 Å². The molecule has 0 atom stereocenters. The van der Waals surface area contributed by atoms with Crippen molar-refractivity contribution < 1.29 is 19.1 Å². The summed E-state index contributed by atoms with van der Waals surface area (Å²) in [6.45, 7) is 1.26. The summed E-state index contributed by atoms with van der Waals surface area (Å²) in [5, 5.41) is 0. The van der Waals surface area contributed by atoms with Gasteiger partial charge in [-0.25, -0.2) is 0 Å². The van der Waals surface area contributed by atoms with Crippen molar-refractivity contribution in [3.63, 3.8) is 0 Å². The zero-order valence-electron chi connectivity index (χ0n) is 6.32. The van der Waals surface area contributed by atoms with E-state index in [-0.39, 0.29) is 13.2 Å². The summed E-state index contributed by atoms with van der Waals surface area (Å²) < 4.78 is 9.65. The Morgan fingerprint density at radius 3 is 1.73 bits per heavy atom. The van der Waals surface area contributed by atoms with Gasteiger partial charge in [0.05, 0.1) is 0 Å². The zero-order chi connectivity index (χ0) is 8.36. The third kappa shape index (κ3) is 9.26. The molecular weight excluding hydrogens is 148 g/mol. The lowest BCUT2D eigenvalue weighted by Gasteiger charge is -1.99. The zero-order valence-corrected chi connectivity index (χ0v) is 6.32. The number of hydrogen-bond donors (Lipinski definition) is 0. The molecule has 0 aliphatic rings. The fourth-order valence-electron chi connectivity index (χ4n) is 0.526. The molecule has 0 N–H and O–H groups in total. The third-order valence-corrected chi connectivity index (χ3v) is 0.949. The molecule has 4 nitrogen and oxygen atoms in total. The highest BCUT2D eigenvalue weighted by atomic mass is 16.5. The van der Waals surface area contributed by atoms with Crippen molar-refractivity contribution in [1.29, 1.82) is 0 Å². The quantitative estimate of drug-likeness (QED) is 0.364. The molecule has 0 saturated heterocycles. The van der Waals surface area contributed by atoms with Crippen LogP contribution in [0.5, 0.6) is 0 Å². The molecule has 11 heavy (non-hydrogen) atoms. The fourth-order valence-corrected chi connectivity index (χ4v) is 0.526. The summed E-state index contributed by atoms with van der Waals surface area (Å²) in [4.78, 5) is 19.5. The van der Waals surface area contributed by atoms with Crippen LogP contribution in [0.2, 0.25) is 0 Å². The minimum absolute atomic E-state index is 0.133.